The van der Waals surface area contributed by atoms with Crippen molar-refractivity contribution in [2.75, 3.05) is 43.9 Å². The van der Waals surface area contributed by atoms with E-state index in [2.05, 4.69) is 33.0 Å². The minimum absolute atomic E-state index is 0.0122. The molecule has 9 nitrogen and oxygen atoms in total. The number of hydrogen-bond donors (Lipinski definition) is 4. The fourth-order valence-electron chi connectivity index (χ4n) is 6.86. The Bertz CT molecular complexity index is 1350. The number of methoxy groups -OCH3 is 1. The second-order valence-corrected chi connectivity index (χ2v) is 12.7. The minimum Gasteiger partial charge on any atom is -0.497 e. The van der Waals surface area contributed by atoms with Gasteiger partial charge in [0.05, 0.1) is 19.3 Å². The number of nitrogens with one attached hydrogen (secondary N) is 3. The van der Waals surface area contributed by atoms with E-state index in [0.29, 0.717) is 32.0 Å². The number of aliphatic hydroxyl groups excluding tert-OH is 1. The number of benzene rings is 3. The quantitative estimate of drug-likeness (QED) is 0.176. The third-order valence-electron chi connectivity index (χ3n) is 9.35. The number of nitrogens with zero attached hydrogens (tertiary/aromatic N) is 2. The molecule has 2 fully saturated rings. The van der Waals surface area contributed by atoms with Gasteiger partial charge in [-0.05, 0) is 67.1 Å². The summed E-state index contributed by atoms with van der Waals surface area (Å²) in [5.41, 5.74) is 2.64. The zero-order valence-corrected chi connectivity index (χ0v) is 26.9. The van der Waals surface area contributed by atoms with Crippen LogP contribution < -0.4 is 20.7 Å². The normalized spacial score (nSPS) is 19.3. The summed E-state index contributed by atoms with van der Waals surface area (Å²) >= 11 is 0. The predicted molar refractivity (Wildman–Crippen MR) is 183 cm³/mol. The van der Waals surface area contributed by atoms with Crippen molar-refractivity contribution < 1.29 is 19.4 Å². The molecule has 1 aliphatic carbocycles. The molecule has 0 unspecified atom stereocenters. The molecule has 3 atom stereocenters. The van der Waals surface area contributed by atoms with E-state index in [1.165, 1.54) is 24.8 Å². The standard InChI is InChI=1S/C37H49N5O4/c1-46-35-19-17-28(18-20-35)21-22-41-27-34(43)24-33(41)26-42(37(45)40-31-15-9-4-10-16-31)32(23-29-11-5-2-6-12-29)25-38-36(44)39-30-13-7-3-8-14-30/h3-4,7-10,13-20,29,32-34,43H,2,5-6,11-12,21-27H2,1H3,(H,40,45)(H2,38,39,44)/t32-,33-,34+/m1/s1. The highest BCUT2D eigenvalue weighted by atomic mass is 16.5. The topological polar surface area (TPSA) is 106 Å². The van der Waals surface area contributed by atoms with Crippen LogP contribution in [0.15, 0.2) is 84.9 Å². The number of urea groups is 2. The highest BCUT2D eigenvalue weighted by Gasteiger charge is 2.36. The number of carbonyl (C=O) groups is 2. The second kappa shape index (κ2) is 17.0. The number of para-hydroxylation sites is 2. The molecule has 0 radical (unpaired) electrons. The Labute approximate surface area is 273 Å². The summed E-state index contributed by atoms with van der Waals surface area (Å²) in [6, 6.07) is 26.3. The summed E-state index contributed by atoms with van der Waals surface area (Å²) in [7, 11) is 1.66. The van der Waals surface area contributed by atoms with Gasteiger partial charge in [0.2, 0.25) is 0 Å². The van der Waals surface area contributed by atoms with Crippen molar-refractivity contribution in [2.24, 2.45) is 5.92 Å². The number of anilines is 2. The summed E-state index contributed by atoms with van der Waals surface area (Å²) in [6.07, 6.45) is 7.70. The van der Waals surface area contributed by atoms with E-state index in [4.69, 9.17) is 4.74 Å². The number of carbonyl (C=O) groups excluding carboxylic acids is 2. The van der Waals surface area contributed by atoms with Crippen molar-refractivity contribution in [1.82, 2.24) is 15.1 Å². The van der Waals surface area contributed by atoms with Crippen molar-refractivity contribution in [1.29, 1.82) is 0 Å². The smallest absolute Gasteiger partial charge is 0.322 e. The molecule has 4 N–H and O–H groups in total. The molecule has 46 heavy (non-hydrogen) atoms. The lowest BCUT2D eigenvalue weighted by Gasteiger charge is -2.38. The van der Waals surface area contributed by atoms with Gasteiger partial charge in [-0.3, -0.25) is 4.90 Å². The first-order valence-corrected chi connectivity index (χ1v) is 16.7. The van der Waals surface area contributed by atoms with Gasteiger partial charge in [-0.1, -0.05) is 80.6 Å². The summed E-state index contributed by atoms with van der Waals surface area (Å²) in [5, 5.41) is 19.9. The lowest BCUT2D eigenvalue weighted by molar-refractivity contribution is 0.133. The summed E-state index contributed by atoms with van der Waals surface area (Å²) in [6.45, 7) is 2.13. The van der Waals surface area contributed by atoms with E-state index in [9.17, 15) is 14.7 Å². The first kappa shape index (κ1) is 33.3. The maximum Gasteiger partial charge on any atom is 0.322 e. The fourth-order valence-corrected chi connectivity index (χ4v) is 6.86. The largest absolute Gasteiger partial charge is 0.497 e. The van der Waals surface area contributed by atoms with Gasteiger partial charge < -0.3 is 30.7 Å². The van der Waals surface area contributed by atoms with Crippen molar-refractivity contribution >= 4 is 23.4 Å². The third-order valence-corrected chi connectivity index (χ3v) is 9.35. The number of likely N-dealkylation sites (tertiary alicyclic amines) is 1. The highest BCUT2D eigenvalue weighted by Crippen LogP contribution is 2.30. The van der Waals surface area contributed by atoms with Gasteiger partial charge >= 0.3 is 12.1 Å². The Morgan fingerprint density at radius 1 is 0.913 bits per heavy atom. The average Bonchev–Trinajstić information content (AvgIpc) is 3.44. The van der Waals surface area contributed by atoms with E-state index in [1.807, 2.05) is 77.7 Å². The molecular formula is C37H49N5O4. The maximum atomic E-state index is 14.1. The van der Waals surface area contributed by atoms with Crippen LogP contribution in [-0.2, 0) is 6.42 Å². The van der Waals surface area contributed by atoms with Crippen LogP contribution >= 0.6 is 0 Å². The lowest BCUT2D eigenvalue weighted by Crippen LogP contribution is -2.54. The summed E-state index contributed by atoms with van der Waals surface area (Å²) in [5.74, 6) is 1.32. The summed E-state index contributed by atoms with van der Waals surface area (Å²) < 4.78 is 5.31. The van der Waals surface area contributed by atoms with E-state index in [1.54, 1.807) is 7.11 Å². The molecule has 1 heterocycles. The Morgan fingerprint density at radius 2 is 1.57 bits per heavy atom. The van der Waals surface area contributed by atoms with Crippen molar-refractivity contribution in [3.05, 3.63) is 90.5 Å². The molecule has 2 aliphatic rings. The summed E-state index contributed by atoms with van der Waals surface area (Å²) in [4.78, 5) is 31.4. The monoisotopic (exact) mass is 627 g/mol. The Balaban J connectivity index is 1.34. The molecule has 9 heteroatoms. The van der Waals surface area contributed by atoms with E-state index >= 15 is 0 Å². The fraction of sp³-hybridized carbons (Fsp3) is 0.459. The van der Waals surface area contributed by atoms with Gasteiger partial charge in [-0.25, -0.2) is 9.59 Å². The zero-order valence-electron chi connectivity index (χ0n) is 26.9. The highest BCUT2D eigenvalue weighted by molar-refractivity contribution is 5.90. The van der Waals surface area contributed by atoms with Crippen molar-refractivity contribution in [2.45, 2.75) is 69.6 Å². The van der Waals surface area contributed by atoms with Crippen molar-refractivity contribution in [3.8, 4) is 5.75 Å². The number of amides is 4. The van der Waals surface area contributed by atoms with E-state index in [0.717, 1.165) is 49.4 Å². The molecule has 3 aromatic rings. The molecule has 5 rings (SSSR count). The molecule has 0 spiro atoms. The number of aliphatic hydroxyl groups is 1. The van der Waals surface area contributed by atoms with Gasteiger partial charge in [-0.2, -0.15) is 0 Å². The SMILES string of the molecule is COc1ccc(CCN2C[C@@H](O)C[C@@H]2CN(C(=O)Nc2ccccc2)[C@@H](CNC(=O)Nc2ccccc2)CC2CCCCC2)cc1. The molecule has 246 valence electrons. The number of hydrogen-bond acceptors (Lipinski definition) is 5. The molecule has 1 aliphatic heterocycles. The minimum atomic E-state index is -0.452. The third kappa shape index (κ3) is 9.96. The molecule has 1 saturated heterocycles. The van der Waals surface area contributed by atoms with Gasteiger partial charge in [0.25, 0.3) is 0 Å². The second-order valence-electron chi connectivity index (χ2n) is 12.7. The van der Waals surface area contributed by atoms with E-state index < -0.39 is 6.10 Å². The van der Waals surface area contributed by atoms with Gasteiger partial charge in [0.1, 0.15) is 5.75 Å². The first-order chi connectivity index (χ1) is 22.5. The first-order valence-electron chi connectivity index (χ1n) is 16.7. The molecule has 0 aromatic heterocycles. The molecule has 3 aromatic carbocycles. The van der Waals surface area contributed by atoms with Crippen LogP contribution in [0.2, 0.25) is 0 Å². The Hall–Kier alpha value is -4.08. The Kier molecular flexibility index (Phi) is 12.3. The maximum absolute atomic E-state index is 14.1. The van der Waals surface area contributed by atoms with Crippen LogP contribution in [0, 0.1) is 5.92 Å². The predicted octanol–water partition coefficient (Wildman–Crippen LogP) is 6.37. The van der Waals surface area contributed by atoms with Crippen LogP contribution in [0.4, 0.5) is 21.0 Å². The molecule has 4 amide bonds. The van der Waals surface area contributed by atoms with Crippen LogP contribution in [0.3, 0.4) is 0 Å². The van der Waals surface area contributed by atoms with Crippen LogP contribution in [0.5, 0.6) is 5.75 Å². The van der Waals surface area contributed by atoms with Crippen molar-refractivity contribution in [3.63, 3.8) is 0 Å². The van der Waals surface area contributed by atoms with Gasteiger partial charge in [0, 0.05) is 43.6 Å². The van der Waals surface area contributed by atoms with Gasteiger partial charge in [-0.15, -0.1) is 0 Å². The van der Waals surface area contributed by atoms with Gasteiger partial charge in [0.15, 0.2) is 0 Å². The number of ether oxygens (including phenoxy) is 1. The Morgan fingerprint density at radius 3 is 2.22 bits per heavy atom. The molecule has 1 saturated carbocycles. The average molecular weight is 628 g/mol. The number of rotatable bonds is 13. The van der Waals surface area contributed by atoms with Crippen LogP contribution in [-0.4, -0.2) is 78.4 Å². The number of β-amino-alcohol motifs (C(OH)–C–C–N with tert-alkyl or cyclic N) is 1. The zero-order chi connectivity index (χ0) is 32.1. The van der Waals surface area contributed by atoms with Crippen LogP contribution in [0.25, 0.3) is 0 Å². The van der Waals surface area contributed by atoms with E-state index in [-0.39, 0.29) is 24.1 Å². The lowest BCUT2D eigenvalue weighted by atomic mass is 9.84. The molecule has 0 bridgehead atoms. The van der Waals surface area contributed by atoms with Crippen LogP contribution in [0.1, 0.15) is 50.5 Å². The molecular weight excluding hydrogens is 578 g/mol.